The number of hydrogen-bond donors (Lipinski definition) is 0. The van der Waals surface area contributed by atoms with Crippen LogP contribution in [0.25, 0.3) is 0 Å². The SMILES string of the molecule is CC(C)(C)CCC1CCN(COC(C)(C)C)CC1. The van der Waals surface area contributed by atoms with Crippen LogP contribution in [-0.4, -0.2) is 30.3 Å². The Balaban J connectivity index is 2.17. The molecule has 108 valence electrons. The van der Waals surface area contributed by atoms with Gasteiger partial charge in [0.25, 0.3) is 0 Å². The van der Waals surface area contributed by atoms with Crippen LogP contribution in [0, 0.1) is 11.3 Å². The third kappa shape index (κ3) is 7.38. The molecule has 0 amide bonds. The summed E-state index contributed by atoms with van der Waals surface area (Å²) in [6, 6.07) is 0. The lowest BCUT2D eigenvalue weighted by molar-refractivity contribution is -0.0715. The summed E-state index contributed by atoms with van der Waals surface area (Å²) in [4.78, 5) is 2.46. The maximum absolute atomic E-state index is 5.84. The van der Waals surface area contributed by atoms with Crippen molar-refractivity contribution in [3.05, 3.63) is 0 Å². The maximum Gasteiger partial charge on any atom is 0.0997 e. The molecule has 0 aromatic rings. The zero-order chi connectivity index (χ0) is 13.8. The highest BCUT2D eigenvalue weighted by molar-refractivity contribution is 4.74. The molecule has 0 N–H and O–H groups in total. The molecule has 0 aromatic carbocycles. The Labute approximate surface area is 114 Å². The van der Waals surface area contributed by atoms with E-state index in [1.165, 1.54) is 38.8 Å². The molecule has 0 unspecified atom stereocenters. The third-order valence-corrected chi connectivity index (χ3v) is 3.69. The van der Waals surface area contributed by atoms with Gasteiger partial charge in [0.05, 0.1) is 12.3 Å². The number of ether oxygens (including phenoxy) is 1. The van der Waals surface area contributed by atoms with Gasteiger partial charge in [-0.1, -0.05) is 20.8 Å². The van der Waals surface area contributed by atoms with E-state index >= 15 is 0 Å². The highest BCUT2D eigenvalue weighted by Crippen LogP contribution is 2.28. The molecule has 0 bridgehead atoms. The Morgan fingerprint density at radius 1 is 1.00 bits per heavy atom. The quantitative estimate of drug-likeness (QED) is 0.742. The first kappa shape index (κ1) is 16.0. The topological polar surface area (TPSA) is 12.5 Å². The summed E-state index contributed by atoms with van der Waals surface area (Å²) in [5, 5.41) is 0. The standard InChI is InChI=1S/C16H33NO/c1-15(2,3)10-7-14-8-11-17(12-9-14)13-18-16(4,5)6/h14H,7-13H2,1-6H3. The van der Waals surface area contributed by atoms with Gasteiger partial charge in [0.15, 0.2) is 0 Å². The summed E-state index contributed by atoms with van der Waals surface area (Å²) in [6.07, 6.45) is 5.46. The van der Waals surface area contributed by atoms with Gasteiger partial charge in [0.2, 0.25) is 0 Å². The highest BCUT2D eigenvalue weighted by Gasteiger charge is 2.22. The van der Waals surface area contributed by atoms with Gasteiger partial charge in [0, 0.05) is 13.1 Å². The van der Waals surface area contributed by atoms with Crippen molar-refractivity contribution in [3.8, 4) is 0 Å². The van der Waals surface area contributed by atoms with Crippen molar-refractivity contribution < 1.29 is 4.74 Å². The Bertz CT molecular complexity index is 202. The molecule has 1 heterocycles. The lowest BCUT2D eigenvalue weighted by atomic mass is 9.83. The van der Waals surface area contributed by atoms with E-state index in [2.05, 4.69) is 46.4 Å². The van der Waals surface area contributed by atoms with Crippen LogP contribution in [0.1, 0.15) is 67.2 Å². The first-order chi connectivity index (χ1) is 8.16. The van der Waals surface area contributed by atoms with Gasteiger partial charge in [-0.2, -0.15) is 0 Å². The summed E-state index contributed by atoms with van der Waals surface area (Å²) in [5.74, 6) is 0.940. The minimum atomic E-state index is -0.0108. The Kier molecular flexibility index (Phi) is 5.67. The van der Waals surface area contributed by atoms with E-state index in [0.717, 1.165) is 12.6 Å². The molecule has 1 aliphatic heterocycles. The van der Waals surface area contributed by atoms with Crippen molar-refractivity contribution in [2.24, 2.45) is 11.3 Å². The number of rotatable bonds is 4. The molecule has 0 atom stereocenters. The highest BCUT2D eigenvalue weighted by atomic mass is 16.5. The van der Waals surface area contributed by atoms with E-state index in [1.54, 1.807) is 0 Å². The number of likely N-dealkylation sites (tertiary alicyclic amines) is 1. The fraction of sp³-hybridized carbons (Fsp3) is 1.00. The number of hydrogen-bond acceptors (Lipinski definition) is 2. The fourth-order valence-electron chi connectivity index (χ4n) is 2.33. The van der Waals surface area contributed by atoms with Crippen LogP contribution in [0.2, 0.25) is 0 Å². The van der Waals surface area contributed by atoms with Crippen molar-refractivity contribution in [1.82, 2.24) is 4.90 Å². The van der Waals surface area contributed by atoms with Gasteiger partial charge < -0.3 is 4.74 Å². The first-order valence-corrected chi connectivity index (χ1v) is 7.52. The van der Waals surface area contributed by atoms with Crippen molar-refractivity contribution in [2.75, 3.05) is 19.8 Å². The van der Waals surface area contributed by atoms with Gasteiger partial charge in [-0.3, -0.25) is 4.90 Å². The summed E-state index contributed by atoms with van der Waals surface area (Å²) in [7, 11) is 0. The molecule has 0 aliphatic carbocycles. The largest absolute Gasteiger partial charge is 0.360 e. The van der Waals surface area contributed by atoms with Crippen LogP contribution < -0.4 is 0 Å². The molecular formula is C16H33NO. The van der Waals surface area contributed by atoms with Crippen LogP contribution in [0.3, 0.4) is 0 Å². The van der Waals surface area contributed by atoms with Gasteiger partial charge in [-0.15, -0.1) is 0 Å². The van der Waals surface area contributed by atoms with E-state index in [0.29, 0.717) is 5.41 Å². The molecule has 0 radical (unpaired) electrons. The summed E-state index contributed by atoms with van der Waals surface area (Å²) in [5.41, 5.74) is 0.482. The van der Waals surface area contributed by atoms with Crippen molar-refractivity contribution >= 4 is 0 Å². The lowest BCUT2D eigenvalue weighted by Crippen LogP contribution is -2.38. The number of piperidine rings is 1. The second kappa shape index (κ2) is 6.38. The second-order valence-corrected chi connectivity index (χ2v) is 8.05. The van der Waals surface area contributed by atoms with Gasteiger partial charge in [-0.25, -0.2) is 0 Å². The fourth-order valence-corrected chi connectivity index (χ4v) is 2.33. The molecule has 2 heteroatoms. The van der Waals surface area contributed by atoms with Gasteiger partial charge in [-0.05, 0) is 57.8 Å². The zero-order valence-corrected chi connectivity index (χ0v) is 13.4. The monoisotopic (exact) mass is 255 g/mol. The van der Waals surface area contributed by atoms with Crippen molar-refractivity contribution in [3.63, 3.8) is 0 Å². The normalized spacial score (nSPS) is 20.3. The van der Waals surface area contributed by atoms with Crippen LogP contribution in [0.4, 0.5) is 0 Å². The first-order valence-electron chi connectivity index (χ1n) is 7.52. The van der Waals surface area contributed by atoms with Gasteiger partial charge in [0.1, 0.15) is 0 Å². The molecule has 1 saturated heterocycles. The molecule has 18 heavy (non-hydrogen) atoms. The van der Waals surface area contributed by atoms with Gasteiger partial charge >= 0.3 is 0 Å². The smallest absolute Gasteiger partial charge is 0.0997 e. The Morgan fingerprint density at radius 2 is 1.56 bits per heavy atom. The van der Waals surface area contributed by atoms with E-state index in [-0.39, 0.29) is 5.60 Å². The van der Waals surface area contributed by atoms with Crippen LogP contribution in [-0.2, 0) is 4.74 Å². The predicted octanol–water partition coefficient (Wildman–Crippen LogP) is 4.30. The van der Waals surface area contributed by atoms with E-state index in [9.17, 15) is 0 Å². The molecule has 0 spiro atoms. The molecule has 1 fully saturated rings. The second-order valence-electron chi connectivity index (χ2n) is 8.05. The average Bonchev–Trinajstić information content (AvgIpc) is 2.23. The molecular weight excluding hydrogens is 222 g/mol. The minimum absolute atomic E-state index is 0.0108. The van der Waals surface area contributed by atoms with Crippen molar-refractivity contribution in [2.45, 2.75) is 72.8 Å². The van der Waals surface area contributed by atoms with Crippen LogP contribution in [0.15, 0.2) is 0 Å². The maximum atomic E-state index is 5.84. The predicted molar refractivity (Wildman–Crippen MR) is 78.7 cm³/mol. The van der Waals surface area contributed by atoms with Crippen LogP contribution in [0.5, 0.6) is 0 Å². The Hall–Kier alpha value is -0.0800. The minimum Gasteiger partial charge on any atom is -0.360 e. The summed E-state index contributed by atoms with van der Waals surface area (Å²) in [6.45, 7) is 16.7. The zero-order valence-electron chi connectivity index (χ0n) is 13.4. The summed E-state index contributed by atoms with van der Waals surface area (Å²) < 4.78 is 5.84. The van der Waals surface area contributed by atoms with E-state index in [1.807, 2.05) is 0 Å². The molecule has 1 aliphatic rings. The molecule has 0 saturated carbocycles. The third-order valence-electron chi connectivity index (χ3n) is 3.69. The summed E-state index contributed by atoms with van der Waals surface area (Å²) >= 11 is 0. The van der Waals surface area contributed by atoms with E-state index in [4.69, 9.17) is 4.74 Å². The Morgan fingerprint density at radius 3 is 2.00 bits per heavy atom. The lowest BCUT2D eigenvalue weighted by Gasteiger charge is -2.34. The molecule has 2 nitrogen and oxygen atoms in total. The van der Waals surface area contributed by atoms with E-state index < -0.39 is 0 Å². The molecule has 1 rings (SSSR count). The molecule has 0 aromatic heterocycles. The van der Waals surface area contributed by atoms with Crippen molar-refractivity contribution in [1.29, 1.82) is 0 Å². The average molecular weight is 255 g/mol. The van der Waals surface area contributed by atoms with Crippen LogP contribution >= 0.6 is 0 Å². The number of nitrogens with zero attached hydrogens (tertiary/aromatic N) is 1.